The summed E-state index contributed by atoms with van der Waals surface area (Å²) in [5.74, 6) is 0. The summed E-state index contributed by atoms with van der Waals surface area (Å²) in [5.41, 5.74) is 0. The van der Waals surface area contributed by atoms with Crippen LogP contribution in [0, 0.1) is 0 Å². The predicted molar refractivity (Wildman–Crippen MR) is 35.2 cm³/mol. The zero-order valence-corrected chi connectivity index (χ0v) is 7.20. The van der Waals surface area contributed by atoms with Gasteiger partial charge in [-0.15, -0.1) is 0 Å². The van der Waals surface area contributed by atoms with Crippen LogP contribution in [0.1, 0.15) is 0 Å². The molecule has 0 rings (SSSR count). The Kier molecular flexibility index (Phi) is 2.55. The number of hydrogen-bond donors (Lipinski definition) is 0. The molecule has 6 heavy (non-hydrogen) atoms. The Balaban J connectivity index is 3.45. The van der Waals surface area contributed by atoms with Crippen LogP contribution in [0.15, 0.2) is 0 Å². The molecule has 0 saturated heterocycles. The summed E-state index contributed by atoms with van der Waals surface area (Å²) in [5, 5.41) is 0. The van der Waals surface area contributed by atoms with Crippen LogP contribution in [0.3, 0.4) is 0 Å². The van der Waals surface area contributed by atoms with Crippen LogP contribution in [0.4, 0.5) is 0 Å². The van der Waals surface area contributed by atoms with Gasteiger partial charge in [-0.2, -0.15) is 0 Å². The summed E-state index contributed by atoms with van der Waals surface area (Å²) in [6, 6.07) is 0. The summed E-state index contributed by atoms with van der Waals surface area (Å²) in [6.07, 6.45) is 0. The third kappa shape index (κ3) is 4.85. The Labute approximate surface area is 52.9 Å². The van der Waals surface area contributed by atoms with Crippen molar-refractivity contribution in [3.05, 3.63) is 0 Å². The van der Waals surface area contributed by atoms with Gasteiger partial charge in [-0.3, -0.25) is 0 Å². The fraction of sp³-hybridized carbons (Fsp3) is 0.750. The second-order valence-electron chi connectivity index (χ2n) is 2.57. The van der Waals surface area contributed by atoms with Gasteiger partial charge < -0.3 is 0 Å². The van der Waals surface area contributed by atoms with Gasteiger partial charge >= 0.3 is 52.7 Å². The van der Waals surface area contributed by atoms with Gasteiger partial charge in [0.1, 0.15) is 0 Å². The maximum absolute atomic E-state index is 2.35. The first-order valence-corrected chi connectivity index (χ1v) is 6.59. The summed E-state index contributed by atoms with van der Waals surface area (Å²) in [4.78, 5) is 0. The van der Waals surface area contributed by atoms with E-state index in [0.717, 1.165) is 0 Å². The Hall–Kier alpha value is 0.853. The van der Waals surface area contributed by atoms with E-state index in [4.69, 9.17) is 0 Å². The van der Waals surface area contributed by atoms with E-state index in [0.29, 0.717) is 0 Å². The van der Waals surface area contributed by atoms with Gasteiger partial charge in [0.25, 0.3) is 0 Å². The van der Waals surface area contributed by atoms with E-state index in [-0.39, 0.29) is 0 Å². The predicted octanol–water partition coefficient (Wildman–Crippen LogP) is 0.834. The van der Waals surface area contributed by atoms with Crippen molar-refractivity contribution in [2.75, 3.05) is 0 Å². The van der Waals surface area contributed by atoms with Gasteiger partial charge in [-0.1, -0.05) is 0 Å². The SMILES string of the molecule is C[Si](C)(C)[CH]=[Mg]. The summed E-state index contributed by atoms with van der Waals surface area (Å²) in [7, 11) is -0.744. The quantitative estimate of drug-likeness (QED) is 0.439. The van der Waals surface area contributed by atoms with Crippen LogP contribution in [0.2, 0.25) is 19.6 Å². The standard InChI is InChI=1S/C4H10Si.Mg/c1-5(2,3)4;/h1H,2-4H3;. The van der Waals surface area contributed by atoms with Crippen LogP contribution in [-0.4, -0.2) is 33.1 Å². The molecule has 0 aromatic carbocycles. The Morgan fingerprint density at radius 1 is 1.33 bits per heavy atom. The molecule has 0 heterocycles. The van der Waals surface area contributed by atoms with Crippen molar-refractivity contribution in [2.45, 2.75) is 19.6 Å². The van der Waals surface area contributed by atoms with Crippen molar-refractivity contribution in [3.63, 3.8) is 0 Å². The van der Waals surface area contributed by atoms with Gasteiger partial charge in [-0.05, 0) is 0 Å². The molecule has 2 heteroatoms. The molecule has 0 nitrogen and oxygen atoms in total. The van der Waals surface area contributed by atoms with Gasteiger partial charge in [0.15, 0.2) is 0 Å². The monoisotopic (exact) mass is 110 g/mol. The third-order valence-electron chi connectivity index (χ3n) is 0.612. The molecule has 0 spiro atoms. The number of rotatable bonds is 1. The van der Waals surface area contributed by atoms with Crippen LogP contribution in [0.25, 0.3) is 0 Å². The van der Waals surface area contributed by atoms with Crippen LogP contribution in [-0.2, 0) is 0 Å². The molecular formula is C4H10MgSi. The second-order valence-corrected chi connectivity index (χ2v) is 8.94. The molecule has 0 saturated carbocycles. The minimum absolute atomic E-state index is 0.744. The first-order valence-electron chi connectivity index (χ1n) is 2.20. The second kappa shape index (κ2) is 2.24. The number of hydrogen-bond acceptors (Lipinski definition) is 0. The fourth-order valence-electron chi connectivity index (χ4n) is 0. The molecule has 0 bridgehead atoms. The Bertz CT molecular complexity index is 53.1. The molecule has 0 aliphatic carbocycles. The first-order chi connectivity index (χ1) is 2.56. The molecule has 0 atom stereocenters. The van der Waals surface area contributed by atoms with Crippen molar-refractivity contribution in [1.29, 1.82) is 0 Å². The van der Waals surface area contributed by atoms with Gasteiger partial charge in [-0.25, -0.2) is 0 Å². The fourth-order valence-corrected chi connectivity index (χ4v) is 0. The van der Waals surface area contributed by atoms with Gasteiger partial charge in [0.05, 0.1) is 0 Å². The molecule has 32 valence electrons. The van der Waals surface area contributed by atoms with Crippen molar-refractivity contribution in [3.8, 4) is 0 Å². The molecular weight excluding hydrogens is 100 g/mol. The van der Waals surface area contributed by atoms with Crippen LogP contribution >= 0.6 is 0 Å². The average molecular weight is 111 g/mol. The topological polar surface area (TPSA) is 0 Å². The van der Waals surface area contributed by atoms with Crippen molar-refractivity contribution in [2.24, 2.45) is 0 Å². The van der Waals surface area contributed by atoms with Crippen LogP contribution in [0.5, 0.6) is 0 Å². The average Bonchev–Trinajstić information content (AvgIpc) is 1.35. The van der Waals surface area contributed by atoms with E-state index < -0.39 is 8.07 Å². The minimum atomic E-state index is -0.744. The molecule has 0 aromatic rings. The molecule has 0 aromatic heterocycles. The van der Waals surface area contributed by atoms with E-state index >= 15 is 0 Å². The van der Waals surface area contributed by atoms with E-state index in [9.17, 15) is 0 Å². The van der Waals surface area contributed by atoms with Crippen molar-refractivity contribution < 1.29 is 0 Å². The van der Waals surface area contributed by atoms with E-state index in [2.05, 4.69) is 23.4 Å². The molecule has 0 fully saturated rings. The maximum atomic E-state index is 2.35. The summed E-state index contributed by atoms with van der Waals surface area (Å²) in [6.45, 7) is 7.00. The van der Waals surface area contributed by atoms with E-state index in [1.54, 1.807) is 0 Å². The van der Waals surface area contributed by atoms with Crippen molar-refractivity contribution in [1.82, 2.24) is 0 Å². The third-order valence-corrected chi connectivity index (χ3v) is 5.51. The van der Waals surface area contributed by atoms with Gasteiger partial charge in [0, 0.05) is 0 Å². The van der Waals surface area contributed by atoms with E-state index in [1.165, 1.54) is 0 Å². The first kappa shape index (κ1) is 6.85. The molecule has 0 aliphatic heterocycles. The zero-order chi connectivity index (χ0) is 5.21. The normalized spacial score (nSPS) is 11.5. The Morgan fingerprint density at radius 3 is 1.50 bits per heavy atom. The van der Waals surface area contributed by atoms with Gasteiger partial charge in [0.2, 0.25) is 0 Å². The molecule has 0 aliphatic rings. The Morgan fingerprint density at radius 2 is 1.50 bits per heavy atom. The van der Waals surface area contributed by atoms with Crippen LogP contribution < -0.4 is 0 Å². The molecule has 0 N–H and O–H groups in total. The molecule has 0 radical (unpaired) electrons. The molecule has 0 amide bonds. The van der Waals surface area contributed by atoms with Crippen molar-refractivity contribution >= 4 is 33.1 Å². The summed E-state index contributed by atoms with van der Waals surface area (Å²) >= 11 is 1.97. The summed E-state index contributed by atoms with van der Waals surface area (Å²) < 4.78 is 2.35. The zero-order valence-electron chi connectivity index (χ0n) is 4.78. The van der Waals surface area contributed by atoms with E-state index in [1.807, 2.05) is 21.2 Å². The molecule has 0 unspecified atom stereocenters.